The van der Waals surface area contributed by atoms with Gasteiger partial charge in [-0.1, -0.05) is 0 Å². The molecule has 2 heteroatoms. The maximum absolute atomic E-state index is 2.68. The van der Waals surface area contributed by atoms with Crippen LogP contribution in [0.4, 0.5) is 0 Å². The Balaban J connectivity index is 2.10. The SMILES string of the molecule is CC(C)(C)N1CCCN2CCCC21. The van der Waals surface area contributed by atoms with E-state index in [0.717, 1.165) is 6.17 Å². The van der Waals surface area contributed by atoms with Gasteiger partial charge in [0.05, 0.1) is 6.17 Å². The van der Waals surface area contributed by atoms with Gasteiger partial charge in [-0.25, -0.2) is 0 Å². The van der Waals surface area contributed by atoms with Crippen molar-refractivity contribution in [1.29, 1.82) is 0 Å². The molecule has 0 N–H and O–H groups in total. The highest BCUT2D eigenvalue weighted by molar-refractivity contribution is 4.90. The lowest BCUT2D eigenvalue weighted by molar-refractivity contribution is -0.0256. The highest BCUT2D eigenvalue weighted by Gasteiger charge is 2.37. The average Bonchev–Trinajstić information content (AvgIpc) is 2.48. The Morgan fingerprint density at radius 2 is 1.69 bits per heavy atom. The molecule has 2 saturated heterocycles. The van der Waals surface area contributed by atoms with Gasteiger partial charge in [0.1, 0.15) is 0 Å². The van der Waals surface area contributed by atoms with E-state index in [1.807, 2.05) is 0 Å². The zero-order chi connectivity index (χ0) is 9.47. The quantitative estimate of drug-likeness (QED) is 0.564. The Labute approximate surface area is 81.9 Å². The highest BCUT2D eigenvalue weighted by atomic mass is 15.4. The molecule has 0 aromatic rings. The van der Waals surface area contributed by atoms with E-state index < -0.39 is 0 Å². The zero-order valence-corrected chi connectivity index (χ0v) is 9.21. The molecular formula is C11H22N2. The van der Waals surface area contributed by atoms with E-state index in [1.165, 1.54) is 38.9 Å². The minimum Gasteiger partial charge on any atom is -0.288 e. The lowest BCUT2D eigenvalue weighted by atomic mass is 10.0. The summed E-state index contributed by atoms with van der Waals surface area (Å²) in [5.41, 5.74) is 0.355. The summed E-state index contributed by atoms with van der Waals surface area (Å²) in [6.07, 6.45) is 4.90. The number of rotatable bonds is 0. The minimum absolute atomic E-state index is 0.355. The number of hydrogen-bond acceptors (Lipinski definition) is 2. The van der Waals surface area contributed by atoms with Crippen molar-refractivity contribution in [2.24, 2.45) is 0 Å². The Hall–Kier alpha value is -0.0800. The van der Waals surface area contributed by atoms with Gasteiger partial charge in [-0.05, 0) is 46.6 Å². The van der Waals surface area contributed by atoms with Gasteiger partial charge in [0.25, 0.3) is 0 Å². The summed E-state index contributed by atoms with van der Waals surface area (Å²) in [7, 11) is 0. The predicted octanol–water partition coefficient (Wildman–Crippen LogP) is 1.91. The topological polar surface area (TPSA) is 6.48 Å². The molecule has 0 radical (unpaired) electrons. The molecule has 2 rings (SSSR count). The predicted molar refractivity (Wildman–Crippen MR) is 55.7 cm³/mol. The lowest BCUT2D eigenvalue weighted by Crippen LogP contribution is -2.57. The number of nitrogens with zero attached hydrogens (tertiary/aromatic N) is 2. The summed E-state index contributed by atoms with van der Waals surface area (Å²) in [5.74, 6) is 0. The average molecular weight is 182 g/mol. The third-order valence-corrected chi connectivity index (χ3v) is 3.39. The van der Waals surface area contributed by atoms with E-state index in [9.17, 15) is 0 Å². The highest BCUT2D eigenvalue weighted by Crippen LogP contribution is 2.30. The van der Waals surface area contributed by atoms with Crippen LogP contribution in [0.15, 0.2) is 0 Å². The maximum Gasteiger partial charge on any atom is 0.0627 e. The Morgan fingerprint density at radius 1 is 1.00 bits per heavy atom. The molecular weight excluding hydrogens is 160 g/mol. The Bertz CT molecular complexity index is 183. The van der Waals surface area contributed by atoms with Crippen LogP contribution in [0.3, 0.4) is 0 Å². The van der Waals surface area contributed by atoms with Gasteiger partial charge >= 0.3 is 0 Å². The molecule has 76 valence electrons. The van der Waals surface area contributed by atoms with E-state index in [2.05, 4.69) is 30.6 Å². The summed E-state index contributed by atoms with van der Waals surface area (Å²) in [5, 5.41) is 0. The second-order valence-electron chi connectivity index (χ2n) is 5.38. The van der Waals surface area contributed by atoms with Crippen molar-refractivity contribution in [3.8, 4) is 0 Å². The van der Waals surface area contributed by atoms with Gasteiger partial charge in [0.2, 0.25) is 0 Å². The summed E-state index contributed by atoms with van der Waals surface area (Å²) in [6, 6.07) is 0. The molecule has 0 spiro atoms. The lowest BCUT2D eigenvalue weighted by Gasteiger charge is -2.47. The van der Waals surface area contributed by atoms with Crippen molar-refractivity contribution in [2.45, 2.75) is 51.7 Å². The van der Waals surface area contributed by atoms with Gasteiger partial charge in [-0.3, -0.25) is 9.80 Å². The molecule has 2 aliphatic heterocycles. The first-order chi connectivity index (χ1) is 6.09. The standard InChI is InChI=1S/C11H22N2/c1-11(2,3)13-9-5-8-12-7-4-6-10(12)13/h10H,4-9H2,1-3H3. The maximum atomic E-state index is 2.68. The molecule has 0 bridgehead atoms. The molecule has 2 aliphatic rings. The molecule has 0 amide bonds. The molecule has 2 heterocycles. The zero-order valence-electron chi connectivity index (χ0n) is 9.21. The van der Waals surface area contributed by atoms with Crippen molar-refractivity contribution in [3.63, 3.8) is 0 Å². The summed E-state index contributed by atoms with van der Waals surface area (Å²) < 4.78 is 0. The number of fused-ring (bicyclic) bond motifs is 1. The Kier molecular flexibility index (Phi) is 2.37. The molecule has 0 aromatic heterocycles. The van der Waals surface area contributed by atoms with Gasteiger partial charge < -0.3 is 0 Å². The molecule has 1 atom stereocenters. The fourth-order valence-corrected chi connectivity index (χ4v) is 2.80. The van der Waals surface area contributed by atoms with Crippen LogP contribution in [0.5, 0.6) is 0 Å². The summed E-state index contributed by atoms with van der Waals surface area (Å²) >= 11 is 0. The van der Waals surface area contributed by atoms with E-state index in [4.69, 9.17) is 0 Å². The van der Waals surface area contributed by atoms with Crippen molar-refractivity contribution in [2.75, 3.05) is 19.6 Å². The van der Waals surface area contributed by atoms with E-state index in [1.54, 1.807) is 0 Å². The van der Waals surface area contributed by atoms with Crippen molar-refractivity contribution >= 4 is 0 Å². The third-order valence-electron chi connectivity index (χ3n) is 3.39. The molecule has 0 aliphatic carbocycles. The van der Waals surface area contributed by atoms with Gasteiger partial charge in [-0.2, -0.15) is 0 Å². The fraction of sp³-hybridized carbons (Fsp3) is 1.00. The smallest absolute Gasteiger partial charge is 0.0627 e. The number of hydrogen-bond donors (Lipinski definition) is 0. The minimum atomic E-state index is 0.355. The van der Waals surface area contributed by atoms with Gasteiger partial charge in [0.15, 0.2) is 0 Å². The molecule has 2 nitrogen and oxygen atoms in total. The first-order valence-corrected chi connectivity index (χ1v) is 5.60. The van der Waals surface area contributed by atoms with Crippen LogP contribution in [0, 0.1) is 0 Å². The van der Waals surface area contributed by atoms with E-state index >= 15 is 0 Å². The normalized spacial score (nSPS) is 32.1. The van der Waals surface area contributed by atoms with Crippen LogP contribution in [0.2, 0.25) is 0 Å². The van der Waals surface area contributed by atoms with Crippen molar-refractivity contribution in [3.05, 3.63) is 0 Å². The second kappa shape index (κ2) is 3.25. The van der Waals surface area contributed by atoms with Crippen LogP contribution in [0.1, 0.15) is 40.0 Å². The fourth-order valence-electron chi connectivity index (χ4n) is 2.80. The summed E-state index contributed by atoms with van der Waals surface area (Å²) in [4.78, 5) is 5.35. The largest absolute Gasteiger partial charge is 0.288 e. The first kappa shape index (κ1) is 9.47. The van der Waals surface area contributed by atoms with Gasteiger partial charge in [-0.15, -0.1) is 0 Å². The van der Waals surface area contributed by atoms with Crippen LogP contribution in [-0.4, -0.2) is 41.1 Å². The Morgan fingerprint density at radius 3 is 2.38 bits per heavy atom. The van der Waals surface area contributed by atoms with Crippen molar-refractivity contribution < 1.29 is 0 Å². The van der Waals surface area contributed by atoms with Crippen LogP contribution in [-0.2, 0) is 0 Å². The van der Waals surface area contributed by atoms with Crippen molar-refractivity contribution in [1.82, 2.24) is 9.80 Å². The third kappa shape index (κ3) is 1.75. The van der Waals surface area contributed by atoms with E-state index in [-0.39, 0.29) is 0 Å². The summed E-state index contributed by atoms with van der Waals surface area (Å²) in [6.45, 7) is 11.0. The molecule has 13 heavy (non-hydrogen) atoms. The molecule has 0 aromatic carbocycles. The monoisotopic (exact) mass is 182 g/mol. The van der Waals surface area contributed by atoms with Crippen LogP contribution < -0.4 is 0 Å². The second-order valence-corrected chi connectivity index (χ2v) is 5.38. The van der Waals surface area contributed by atoms with Gasteiger partial charge in [0, 0.05) is 18.6 Å². The molecule has 1 unspecified atom stereocenters. The first-order valence-electron chi connectivity index (χ1n) is 5.60. The van der Waals surface area contributed by atoms with E-state index in [0.29, 0.717) is 5.54 Å². The van der Waals surface area contributed by atoms with Crippen LogP contribution in [0.25, 0.3) is 0 Å². The van der Waals surface area contributed by atoms with Crippen LogP contribution >= 0.6 is 0 Å². The molecule has 2 fully saturated rings. The molecule has 0 saturated carbocycles.